The highest BCUT2D eigenvalue weighted by molar-refractivity contribution is 7.99. The number of rotatable bonds is 6. The van der Waals surface area contributed by atoms with Gasteiger partial charge in [0.05, 0.1) is 36.0 Å². The minimum Gasteiger partial charge on any atom is -0.378 e. The molecule has 4 rings (SSSR count). The summed E-state index contributed by atoms with van der Waals surface area (Å²) in [5.74, 6) is 0.109. The third kappa shape index (κ3) is 4.75. The lowest BCUT2D eigenvalue weighted by Crippen LogP contribution is -2.36. The third-order valence-electron chi connectivity index (χ3n) is 4.58. The van der Waals surface area contributed by atoms with Crippen LogP contribution in [0, 0.1) is 6.92 Å². The maximum atomic E-state index is 12.6. The molecule has 1 aliphatic rings. The van der Waals surface area contributed by atoms with Crippen molar-refractivity contribution >= 4 is 29.0 Å². The molecule has 150 valence electrons. The highest BCUT2D eigenvalue weighted by Gasteiger charge is 2.17. The van der Waals surface area contributed by atoms with Crippen LogP contribution in [0.2, 0.25) is 0 Å². The van der Waals surface area contributed by atoms with Crippen LogP contribution in [-0.2, 0) is 9.53 Å². The second kappa shape index (κ2) is 9.06. The molecule has 1 N–H and O–H groups in total. The van der Waals surface area contributed by atoms with E-state index in [-0.39, 0.29) is 11.7 Å². The van der Waals surface area contributed by atoms with Gasteiger partial charge in [0.25, 0.3) is 0 Å². The smallest absolute Gasteiger partial charge is 0.234 e. The molecule has 29 heavy (non-hydrogen) atoms. The van der Waals surface area contributed by atoms with Crippen LogP contribution in [0.25, 0.3) is 5.69 Å². The molecule has 8 nitrogen and oxygen atoms in total. The van der Waals surface area contributed by atoms with E-state index in [9.17, 15) is 4.79 Å². The lowest BCUT2D eigenvalue weighted by atomic mass is 10.2. The summed E-state index contributed by atoms with van der Waals surface area (Å²) in [4.78, 5) is 14.8. The van der Waals surface area contributed by atoms with Crippen molar-refractivity contribution in [3.63, 3.8) is 0 Å². The van der Waals surface area contributed by atoms with Crippen LogP contribution in [0.5, 0.6) is 0 Å². The SMILES string of the molecule is Cc1ccc(-n2nnnc2SCC(=O)Nc2ccccc2N2CCOCC2)cc1. The van der Waals surface area contributed by atoms with Crippen molar-refractivity contribution < 1.29 is 9.53 Å². The molecule has 1 amide bonds. The highest BCUT2D eigenvalue weighted by atomic mass is 32.2. The van der Waals surface area contributed by atoms with E-state index in [2.05, 4.69) is 25.7 Å². The summed E-state index contributed by atoms with van der Waals surface area (Å²) >= 11 is 1.30. The van der Waals surface area contributed by atoms with E-state index < -0.39 is 0 Å². The number of nitrogens with one attached hydrogen (secondary N) is 1. The molecule has 1 saturated heterocycles. The molecule has 0 radical (unpaired) electrons. The van der Waals surface area contributed by atoms with Gasteiger partial charge in [0.1, 0.15) is 0 Å². The standard InChI is InChI=1S/C20H22N6O2S/c1-15-6-8-16(9-7-15)26-20(22-23-24-26)29-14-19(27)21-17-4-2-3-5-18(17)25-10-12-28-13-11-25/h2-9H,10-14H2,1H3,(H,21,27). The molecular formula is C20H22N6O2S. The van der Waals surface area contributed by atoms with Crippen LogP contribution in [0.1, 0.15) is 5.56 Å². The zero-order valence-electron chi connectivity index (χ0n) is 16.1. The summed E-state index contributed by atoms with van der Waals surface area (Å²) in [6, 6.07) is 15.7. The molecule has 0 unspecified atom stereocenters. The summed E-state index contributed by atoms with van der Waals surface area (Å²) in [5.41, 5.74) is 3.84. The number of nitrogens with zero attached hydrogens (tertiary/aromatic N) is 5. The summed E-state index contributed by atoms with van der Waals surface area (Å²) in [5, 5.41) is 15.4. The first-order valence-corrected chi connectivity index (χ1v) is 10.4. The number of aromatic nitrogens is 4. The molecule has 2 aromatic carbocycles. The number of thioether (sulfide) groups is 1. The van der Waals surface area contributed by atoms with Crippen LogP contribution in [0.15, 0.2) is 53.7 Å². The molecule has 0 atom stereocenters. The number of carbonyl (C=O) groups is 1. The number of anilines is 2. The zero-order valence-corrected chi connectivity index (χ0v) is 16.9. The van der Waals surface area contributed by atoms with Crippen molar-refractivity contribution in [2.24, 2.45) is 0 Å². The molecule has 1 aliphatic heterocycles. The zero-order chi connectivity index (χ0) is 20.1. The van der Waals surface area contributed by atoms with Gasteiger partial charge in [-0.3, -0.25) is 4.79 Å². The first kappa shape index (κ1) is 19.4. The molecule has 1 fully saturated rings. The van der Waals surface area contributed by atoms with Crippen LogP contribution in [-0.4, -0.2) is 58.2 Å². The minimum absolute atomic E-state index is 0.103. The van der Waals surface area contributed by atoms with Gasteiger partial charge in [0.15, 0.2) is 0 Å². The van der Waals surface area contributed by atoms with Crippen molar-refractivity contribution in [2.45, 2.75) is 12.1 Å². The van der Waals surface area contributed by atoms with Crippen molar-refractivity contribution in [2.75, 3.05) is 42.3 Å². The van der Waals surface area contributed by atoms with Gasteiger partial charge in [-0.05, 0) is 41.6 Å². The summed E-state index contributed by atoms with van der Waals surface area (Å²) in [6.45, 7) is 5.04. The molecule has 9 heteroatoms. The Hall–Kier alpha value is -2.91. The van der Waals surface area contributed by atoms with Crippen LogP contribution in [0.3, 0.4) is 0 Å². The van der Waals surface area contributed by atoms with E-state index in [1.807, 2.05) is 55.5 Å². The van der Waals surface area contributed by atoms with E-state index in [0.29, 0.717) is 18.4 Å². The highest BCUT2D eigenvalue weighted by Crippen LogP contribution is 2.27. The Morgan fingerprint density at radius 1 is 1.14 bits per heavy atom. The first-order valence-electron chi connectivity index (χ1n) is 9.40. The predicted molar refractivity (Wildman–Crippen MR) is 113 cm³/mol. The van der Waals surface area contributed by atoms with E-state index in [4.69, 9.17) is 4.74 Å². The molecule has 0 bridgehead atoms. The Balaban J connectivity index is 1.41. The lowest BCUT2D eigenvalue weighted by molar-refractivity contribution is -0.113. The number of hydrogen-bond donors (Lipinski definition) is 1. The molecule has 1 aromatic heterocycles. The van der Waals surface area contributed by atoms with Gasteiger partial charge in [0, 0.05) is 13.1 Å². The topological polar surface area (TPSA) is 85.2 Å². The quantitative estimate of drug-likeness (QED) is 0.625. The number of carbonyl (C=O) groups excluding carboxylic acids is 1. The van der Waals surface area contributed by atoms with Crippen molar-refractivity contribution in [3.8, 4) is 5.69 Å². The fraction of sp³-hybridized carbons (Fsp3) is 0.300. The summed E-state index contributed by atoms with van der Waals surface area (Å²) in [6.07, 6.45) is 0. The van der Waals surface area contributed by atoms with E-state index in [0.717, 1.165) is 35.7 Å². The number of para-hydroxylation sites is 2. The fourth-order valence-electron chi connectivity index (χ4n) is 3.09. The van der Waals surface area contributed by atoms with E-state index >= 15 is 0 Å². The molecule has 0 aliphatic carbocycles. The number of aryl methyl sites for hydroxylation is 1. The number of amides is 1. The Kier molecular flexibility index (Phi) is 6.06. The number of ether oxygens (including phenoxy) is 1. The van der Waals surface area contributed by atoms with Gasteiger partial charge in [-0.15, -0.1) is 5.10 Å². The lowest BCUT2D eigenvalue weighted by Gasteiger charge is -2.30. The predicted octanol–water partition coefficient (Wildman–Crippen LogP) is 2.54. The molecular weight excluding hydrogens is 388 g/mol. The summed E-state index contributed by atoms with van der Waals surface area (Å²) in [7, 11) is 0. The second-order valence-corrected chi connectivity index (χ2v) is 7.60. The Labute approximate surface area is 173 Å². The van der Waals surface area contributed by atoms with Crippen LogP contribution in [0.4, 0.5) is 11.4 Å². The van der Waals surface area contributed by atoms with Gasteiger partial charge >= 0.3 is 0 Å². The van der Waals surface area contributed by atoms with Gasteiger partial charge in [-0.25, -0.2) is 0 Å². The number of morpholine rings is 1. The Morgan fingerprint density at radius 3 is 2.69 bits per heavy atom. The molecule has 2 heterocycles. The maximum absolute atomic E-state index is 12.6. The number of benzene rings is 2. The van der Waals surface area contributed by atoms with Crippen LogP contribution >= 0.6 is 11.8 Å². The molecule has 0 spiro atoms. The van der Waals surface area contributed by atoms with Crippen molar-refractivity contribution in [1.29, 1.82) is 0 Å². The minimum atomic E-state index is -0.103. The van der Waals surface area contributed by atoms with Crippen LogP contribution < -0.4 is 10.2 Å². The molecule has 3 aromatic rings. The average molecular weight is 411 g/mol. The van der Waals surface area contributed by atoms with E-state index in [1.54, 1.807) is 4.68 Å². The van der Waals surface area contributed by atoms with Gasteiger partial charge in [0.2, 0.25) is 11.1 Å². The first-order chi connectivity index (χ1) is 14.2. The van der Waals surface area contributed by atoms with Gasteiger partial charge in [-0.1, -0.05) is 41.6 Å². The van der Waals surface area contributed by atoms with Gasteiger partial charge in [-0.2, -0.15) is 4.68 Å². The second-order valence-electron chi connectivity index (χ2n) is 6.66. The van der Waals surface area contributed by atoms with Gasteiger partial charge < -0.3 is 15.0 Å². The molecule has 0 saturated carbocycles. The Morgan fingerprint density at radius 2 is 1.90 bits per heavy atom. The fourth-order valence-corrected chi connectivity index (χ4v) is 3.78. The van der Waals surface area contributed by atoms with Crippen molar-refractivity contribution in [3.05, 3.63) is 54.1 Å². The average Bonchev–Trinajstić information content (AvgIpc) is 3.22. The monoisotopic (exact) mass is 410 g/mol. The normalized spacial score (nSPS) is 14.0. The largest absolute Gasteiger partial charge is 0.378 e. The third-order valence-corrected chi connectivity index (χ3v) is 5.50. The summed E-state index contributed by atoms with van der Waals surface area (Å²) < 4.78 is 7.06. The number of hydrogen-bond acceptors (Lipinski definition) is 7. The van der Waals surface area contributed by atoms with E-state index in [1.165, 1.54) is 11.8 Å². The maximum Gasteiger partial charge on any atom is 0.234 e. The Bertz CT molecular complexity index is 969. The number of tetrazole rings is 1. The van der Waals surface area contributed by atoms with Crippen molar-refractivity contribution in [1.82, 2.24) is 20.2 Å².